The van der Waals surface area contributed by atoms with Gasteiger partial charge in [-0.1, -0.05) is 0 Å². The van der Waals surface area contributed by atoms with E-state index in [2.05, 4.69) is 5.32 Å². The Hall–Kier alpha value is -1.55. The molecule has 0 radical (unpaired) electrons. The summed E-state index contributed by atoms with van der Waals surface area (Å²) in [7, 11) is 0. The van der Waals surface area contributed by atoms with Gasteiger partial charge < -0.3 is 15.8 Å². The molecule has 1 fully saturated rings. The zero-order valence-corrected chi connectivity index (χ0v) is 9.11. The van der Waals surface area contributed by atoms with Crippen LogP contribution in [0.25, 0.3) is 0 Å². The molecule has 16 heavy (non-hydrogen) atoms. The summed E-state index contributed by atoms with van der Waals surface area (Å²) in [5.41, 5.74) is 5.65. The summed E-state index contributed by atoms with van der Waals surface area (Å²) in [4.78, 5) is 10.8. The van der Waals surface area contributed by atoms with Crippen molar-refractivity contribution in [2.45, 2.75) is 6.42 Å². The van der Waals surface area contributed by atoms with E-state index in [9.17, 15) is 4.79 Å². The smallest absolute Gasteiger partial charge is 0.248 e. The van der Waals surface area contributed by atoms with Gasteiger partial charge in [0.05, 0.1) is 6.61 Å². The lowest BCUT2D eigenvalue weighted by atomic mass is 10.0. The average Bonchev–Trinajstić information content (AvgIpc) is 2.22. The van der Waals surface area contributed by atoms with E-state index in [4.69, 9.17) is 10.5 Å². The SMILES string of the molecule is NC(=O)c1ccc(OCCC2CNC2)cc1. The Labute approximate surface area is 94.8 Å². The molecular formula is C12H16N2O2. The lowest BCUT2D eigenvalue weighted by Gasteiger charge is -2.26. The van der Waals surface area contributed by atoms with E-state index in [1.165, 1.54) is 0 Å². The van der Waals surface area contributed by atoms with Crippen LogP contribution in [-0.4, -0.2) is 25.6 Å². The van der Waals surface area contributed by atoms with Crippen LogP contribution in [0.1, 0.15) is 16.8 Å². The number of benzene rings is 1. The number of amides is 1. The van der Waals surface area contributed by atoms with Gasteiger partial charge in [-0.15, -0.1) is 0 Å². The van der Waals surface area contributed by atoms with Gasteiger partial charge in [0.2, 0.25) is 5.91 Å². The van der Waals surface area contributed by atoms with Gasteiger partial charge in [-0.05, 0) is 49.7 Å². The normalized spacial score (nSPS) is 15.5. The van der Waals surface area contributed by atoms with Crippen molar-refractivity contribution in [2.75, 3.05) is 19.7 Å². The Balaban J connectivity index is 1.78. The minimum Gasteiger partial charge on any atom is -0.494 e. The summed E-state index contributed by atoms with van der Waals surface area (Å²) in [6.45, 7) is 2.93. The molecule has 1 amide bonds. The van der Waals surface area contributed by atoms with Gasteiger partial charge in [-0.25, -0.2) is 0 Å². The van der Waals surface area contributed by atoms with Crippen LogP contribution in [-0.2, 0) is 0 Å². The van der Waals surface area contributed by atoms with E-state index in [-0.39, 0.29) is 0 Å². The second-order valence-electron chi connectivity index (χ2n) is 4.05. The van der Waals surface area contributed by atoms with Crippen LogP contribution in [0.15, 0.2) is 24.3 Å². The van der Waals surface area contributed by atoms with Gasteiger partial charge in [0.25, 0.3) is 0 Å². The van der Waals surface area contributed by atoms with Crippen LogP contribution in [0.2, 0.25) is 0 Å². The Morgan fingerprint density at radius 2 is 2.06 bits per heavy atom. The van der Waals surface area contributed by atoms with E-state index in [1.54, 1.807) is 24.3 Å². The third-order valence-corrected chi connectivity index (χ3v) is 2.80. The topological polar surface area (TPSA) is 64.4 Å². The van der Waals surface area contributed by atoms with Gasteiger partial charge in [0.15, 0.2) is 0 Å². The number of hydrogen-bond acceptors (Lipinski definition) is 3. The van der Waals surface area contributed by atoms with Crippen LogP contribution in [0, 0.1) is 5.92 Å². The van der Waals surface area contributed by atoms with Crippen LogP contribution >= 0.6 is 0 Å². The van der Waals surface area contributed by atoms with Crippen molar-refractivity contribution in [1.29, 1.82) is 0 Å². The number of primary amides is 1. The van der Waals surface area contributed by atoms with Gasteiger partial charge in [-0.3, -0.25) is 4.79 Å². The second kappa shape index (κ2) is 4.99. The molecule has 3 N–H and O–H groups in total. The van der Waals surface area contributed by atoms with Crippen molar-refractivity contribution in [3.63, 3.8) is 0 Å². The Morgan fingerprint density at radius 3 is 2.56 bits per heavy atom. The number of rotatable bonds is 5. The number of ether oxygens (including phenoxy) is 1. The molecule has 1 aliphatic heterocycles. The highest BCUT2D eigenvalue weighted by molar-refractivity contribution is 5.92. The van der Waals surface area contributed by atoms with Gasteiger partial charge in [0, 0.05) is 5.56 Å². The summed E-state index contributed by atoms with van der Waals surface area (Å²) >= 11 is 0. The first-order valence-corrected chi connectivity index (χ1v) is 5.49. The molecule has 0 aromatic heterocycles. The highest BCUT2D eigenvalue weighted by Crippen LogP contribution is 2.14. The number of nitrogens with one attached hydrogen (secondary N) is 1. The molecule has 1 aromatic rings. The van der Waals surface area contributed by atoms with Crippen LogP contribution < -0.4 is 15.8 Å². The summed E-state index contributed by atoms with van der Waals surface area (Å²) in [6, 6.07) is 6.92. The van der Waals surface area contributed by atoms with Crippen molar-refractivity contribution in [3.05, 3.63) is 29.8 Å². The molecule has 86 valence electrons. The Bertz CT molecular complexity index is 358. The van der Waals surface area contributed by atoms with Gasteiger partial charge in [0.1, 0.15) is 5.75 Å². The predicted molar refractivity (Wildman–Crippen MR) is 61.4 cm³/mol. The first kappa shape index (κ1) is 11.0. The monoisotopic (exact) mass is 220 g/mol. The molecule has 0 saturated carbocycles. The molecule has 0 bridgehead atoms. The zero-order valence-electron chi connectivity index (χ0n) is 9.11. The van der Waals surface area contributed by atoms with Crippen molar-refractivity contribution in [2.24, 2.45) is 11.7 Å². The summed E-state index contributed by atoms with van der Waals surface area (Å²) in [5.74, 6) is 1.13. The van der Waals surface area contributed by atoms with Crippen LogP contribution in [0.5, 0.6) is 5.75 Å². The molecule has 4 nitrogen and oxygen atoms in total. The maximum atomic E-state index is 10.8. The minimum absolute atomic E-state index is 0.410. The van der Waals surface area contributed by atoms with Crippen LogP contribution in [0.3, 0.4) is 0 Å². The number of nitrogens with two attached hydrogens (primary N) is 1. The molecule has 1 aromatic carbocycles. The highest BCUT2D eigenvalue weighted by atomic mass is 16.5. The van der Waals surface area contributed by atoms with Crippen molar-refractivity contribution in [3.8, 4) is 5.75 Å². The molecule has 0 spiro atoms. The highest BCUT2D eigenvalue weighted by Gasteiger charge is 2.15. The molecular weight excluding hydrogens is 204 g/mol. The van der Waals surface area contributed by atoms with Crippen molar-refractivity contribution < 1.29 is 9.53 Å². The van der Waals surface area contributed by atoms with Crippen LogP contribution in [0.4, 0.5) is 0 Å². The Morgan fingerprint density at radius 1 is 1.38 bits per heavy atom. The molecule has 1 aliphatic rings. The molecule has 1 heterocycles. The molecule has 4 heteroatoms. The third-order valence-electron chi connectivity index (χ3n) is 2.80. The standard InChI is InChI=1S/C12H16N2O2/c13-12(15)10-1-3-11(4-2-10)16-6-5-9-7-14-8-9/h1-4,9,14H,5-8H2,(H2,13,15). The zero-order chi connectivity index (χ0) is 11.4. The minimum atomic E-state index is -0.410. The Kier molecular flexibility index (Phi) is 3.41. The van der Waals surface area contributed by atoms with Gasteiger partial charge >= 0.3 is 0 Å². The average molecular weight is 220 g/mol. The largest absolute Gasteiger partial charge is 0.494 e. The molecule has 0 unspecified atom stereocenters. The summed E-state index contributed by atoms with van der Waals surface area (Å²) in [6.07, 6.45) is 1.07. The molecule has 2 rings (SSSR count). The first-order valence-electron chi connectivity index (χ1n) is 5.49. The number of hydrogen-bond donors (Lipinski definition) is 2. The van der Waals surface area contributed by atoms with E-state index in [0.29, 0.717) is 5.56 Å². The fraction of sp³-hybridized carbons (Fsp3) is 0.417. The quantitative estimate of drug-likeness (QED) is 0.770. The lowest BCUT2D eigenvalue weighted by Crippen LogP contribution is -2.42. The maximum absolute atomic E-state index is 10.8. The molecule has 0 aliphatic carbocycles. The van der Waals surface area contributed by atoms with Crippen molar-refractivity contribution in [1.82, 2.24) is 5.32 Å². The first-order chi connectivity index (χ1) is 7.75. The molecule has 1 saturated heterocycles. The van der Waals surface area contributed by atoms with Gasteiger partial charge in [-0.2, -0.15) is 0 Å². The third kappa shape index (κ3) is 2.73. The lowest BCUT2D eigenvalue weighted by molar-refractivity contribution is 0.100. The number of carbonyl (C=O) groups is 1. The molecule has 0 atom stereocenters. The second-order valence-corrected chi connectivity index (χ2v) is 4.05. The number of carbonyl (C=O) groups excluding carboxylic acids is 1. The van der Waals surface area contributed by atoms with Crippen molar-refractivity contribution >= 4 is 5.91 Å². The summed E-state index contributed by atoms with van der Waals surface area (Å²) < 4.78 is 5.57. The van der Waals surface area contributed by atoms with E-state index in [1.807, 2.05) is 0 Å². The van der Waals surface area contributed by atoms with E-state index < -0.39 is 5.91 Å². The maximum Gasteiger partial charge on any atom is 0.248 e. The fourth-order valence-electron chi connectivity index (χ4n) is 1.61. The summed E-state index contributed by atoms with van der Waals surface area (Å²) in [5, 5.41) is 3.22. The predicted octanol–water partition coefficient (Wildman–Crippen LogP) is 0.774. The van der Waals surface area contributed by atoms with E-state index in [0.717, 1.165) is 37.8 Å². The van der Waals surface area contributed by atoms with E-state index >= 15 is 0 Å². The fourth-order valence-corrected chi connectivity index (χ4v) is 1.61.